The van der Waals surface area contributed by atoms with Gasteiger partial charge in [0.1, 0.15) is 11.9 Å². The lowest BCUT2D eigenvalue weighted by molar-refractivity contribution is 0.786. The third kappa shape index (κ3) is 3.26. The van der Waals surface area contributed by atoms with Crippen molar-refractivity contribution in [2.45, 2.75) is 20.4 Å². The molecule has 5 nitrogen and oxygen atoms in total. The number of nitriles is 1. The highest BCUT2D eigenvalue weighted by molar-refractivity contribution is 5.37. The number of aromatic nitrogens is 3. The van der Waals surface area contributed by atoms with Gasteiger partial charge in [-0.05, 0) is 26.0 Å². The fourth-order valence-electron chi connectivity index (χ4n) is 1.78. The number of hydrogen-bond acceptors (Lipinski definition) is 5. The van der Waals surface area contributed by atoms with E-state index in [1.807, 2.05) is 31.2 Å². The molecule has 0 amide bonds. The van der Waals surface area contributed by atoms with Crippen LogP contribution in [0.3, 0.4) is 0 Å². The largest absolute Gasteiger partial charge is 0.350 e. The van der Waals surface area contributed by atoms with Crippen molar-refractivity contribution in [1.82, 2.24) is 15.0 Å². The molecular weight excluding hydrogens is 238 g/mol. The van der Waals surface area contributed by atoms with E-state index < -0.39 is 0 Å². The summed E-state index contributed by atoms with van der Waals surface area (Å²) in [5, 5.41) is 8.71. The second-order valence-corrected chi connectivity index (χ2v) is 4.16. The molecule has 0 aromatic carbocycles. The SMILES string of the molecule is CCN(Cc1cccc(C)n1)c1cnc(C#N)cn1. The summed E-state index contributed by atoms with van der Waals surface area (Å²) in [5.74, 6) is 0.754. The molecule has 2 aromatic heterocycles. The molecule has 2 aromatic rings. The highest BCUT2D eigenvalue weighted by Crippen LogP contribution is 2.12. The molecule has 0 bridgehead atoms. The maximum atomic E-state index is 8.71. The number of anilines is 1. The number of aryl methyl sites for hydroxylation is 1. The minimum atomic E-state index is 0.327. The first-order chi connectivity index (χ1) is 9.22. The van der Waals surface area contributed by atoms with Crippen LogP contribution in [0.15, 0.2) is 30.6 Å². The maximum Gasteiger partial charge on any atom is 0.158 e. The van der Waals surface area contributed by atoms with Crippen LogP contribution in [0.25, 0.3) is 0 Å². The zero-order chi connectivity index (χ0) is 13.7. The van der Waals surface area contributed by atoms with Crippen LogP contribution in [0.4, 0.5) is 5.82 Å². The second kappa shape index (κ2) is 5.91. The highest BCUT2D eigenvalue weighted by Gasteiger charge is 2.08. The van der Waals surface area contributed by atoms with E-state index in [2.05, 4.69) is 26.8 Å². The zero-order valence-electron chi connectivity index (χ0n) is 11.0. The van der Waals surface area contributed by atoms with Gasteiger partial charge in [0.05, 0.1) is 24.6 Å². The van der Waals surface area contributed by atoms with Crippen molar-refractivity contribution in [3.8, 4) is 6.07 Å². The predicted molar refractivity (Wildman–Crippen MR) is 72.4 cm³/mol. The van der Waals surface area contributed by atoms with E-state index in [1.165, 1.54) is 6.20 Å². The Bertz CT molecular complexity index is 586. The summed E-state index contributed by atoms with van der Waals surface area (Å²) >= 11 is 0. The highest BCUT2D eigenvalue weighted by atomic mass is 15.2. The van der Waals surface area contributed by atoms with Crippen LogP contribution < -0.4 is 4.90 Å². The lowest BCUT2D eigenvalue weighted by Gasteiger charge is -2.21. The van der Waals surface area contributed by atoms with Crippen LogP contribution in [0.2, 0.25) is 0 Å². The molecule has 0 aliphatic rings. The van der Waals surface area contributed by atoms with E-state index in [0.717, 1.165) is 23.8 Å². The number of pyridine rings is 1. The van der Waals surface area contributed by atoms with E-state index in [4.69, 9.17) is 5.26 Å². The van der Waals surface area contributed by atoms with E-state index in [1.54, 1.807) is 6.20 Å². The molecule has 2 rings (SSSR count). The molecule has 19 heavy (non-hydrogen) atoms. The zero-order valence-corrected chi connectivity index (χ0v) is 11.0. The quantitative estimate of drug-likeness (QED) is 0.834. The van der Waals surface area contributed by atoms with Gasteiger partial charge in [-0.15, -0.1) is 0 Å². The van der Waals surface area contributed by atoms with E-state index in [9.17, 15) is 0 Å². The Labute approximate surface area is 112 Å². The second-order valence-electron chi connectivity index (χ2n) is 4.16. The van der Waals surface area contributed by atoms with Gasteiger partial charge >= 0.3 is 0 Å². The van der Waals surface area contributed by atoms with Gasteiger partial charge in [0.2, 0.25) is 0 Å². The molecule has 0 saturated heterocycles. The Kier molecular flexibility index (Phi) is 4.04. The topological polar surface area (TPSA) is 65.7 Å². The normalized spacial score (nSPS) is 9.95. The monoisotopic (exact) mass is 253 g/mol. The Hall–Kier alpha value is -2.48. The van der Waals surface area contributed by atoms with Crippen molar-refractivity contribution < 1.29 is 0 Å². The molecule has 0 atom stereocenters. The van der Waals surface area contributed by atoms with Crippen molar-refractivity contribution in [2.75, 3.05) is 11.4 Å². The summed E-state index contributed by atoms with van der Waals surface area (Å²) in [6.45, 7) is 5.51. The van der Waals surface area contributed by atoms with Gasteiger partial charge in [-0.2, -0.15) is 5.26 Å². The van der Waals surface area contributed by atoms with E-state index >= 15 is 0 Å². The van der Waals surface area contributed by atoms with Crippen LogP contribution in [0.1, 0.15) is 24.0 Å². The van der Waals surface area contributed by atoms with Crippen molar-refractivity contribution in [2.24, 2.45) is 0 Å². The Morgan fingerprint density at radius 1 is 1.26 bits per heavy atom. The molecule has 0 aliphatic carbocycles. The molecule has 0 spiro atoms. The molecule has 0 N–H and O–H groups in total. The first-order valence-electron chi connectivity index (χ1n) is 6.12. The molecular formula is C14H15N5. The van der Waals surface area contributed by atoms with Gasteiger partial charge in [-0.3, -0.25) is 4.98 Å². The lowest BCUT2D eigenvalue weighted by Crippen LogP contribution is -2.24. The molecule has 2 heterocycles. The maximum absolute atomic E-state index is 8.71. The van der Waals surface area contributed by atoms with E-state index in [-0.39, 0.29) is 0 Å². The van der Waals surface area contributed by atoms with Crippen LogP contribution in [-0.2, 0) is 6.54 Å². The molecule has 5 heteroatoms. The van der Waals surface area contributed by atoms with Gasteiger partial charge in [0.15, 0.2) is 5.69 Å². The van der Waals surface area contributed by atoms with Gasteiger partial charge in [-0.25, -0.2) is 9.97 Å². The first-order valence-corrected chi connectivity index (χ1v) is 6.12. The van der Waals surface area contributed by atoms with Gasteiger partial charge in [0.25, 0.3) is 0 Å². The molecule has 0 radical (unpaired) electrons. The van der Waals surface area contributed by atoms with Gasteiger partial charge < -0.3 is 4.90 Å². The van der Waals surface area contributed by atoms with E-state index in [0.29, 0.717) is 12.2 Å². The Balaban J connectivity index is 2.18. The summed E-state index contributed by atoms with van der Waals surface area (Å²) in [5.41, 5.74) is 2.32. The van der Waals surface area contributed by atoms with Crippen LogP contribution in [0, 0.1) is 18.3 Å². The third-order valence-electron chi connectivity index (χ3n) is 2.76. The predicted octanol–water partition coefficient (Wildman–Crippen LogP) is 2.08. The van der Waals surface area contributed by atoms with Crippen LogP contribution in [-0.4, -0.2) is 21.5 Å². The Morgan fingerprint density at radius 3 is 2.68 bits per heavy atom. The average molecular weight is 253 g/mol. The molecule has 0 saturated carbocycles. The smallest absolute Gasteiger partial charge is 0.158 e. The summed E-state index contributed by atoms with van der Waals surface area (Å²) in [4.78, 5) is 14.8. The fourth-order valence-corrected chi connectivity index (χ4v) is 1.78. The molecule has 0 aliphatic heterocycles. The van der Waals surface area contributed by atoms with Crippen molar-refractivity contribution in [3.63, 3.8) is 0 Å². The average Bonchev–Trinajstić information content (AvgIpc) is 2.45. The minimum Gasteiger partial charge on any atom is -0.350 e. The summed E-state index contributed by atoms with van der Waals surface area (Å²) in [6.07, 6.45) is 3.11. The van der Waals surface area contributed by atoms with Gasteiger partial charge in [-0.1, -0.05) is 6.07 Å². The number of hydrogen-bond donors (Lipinski definition) is 0. The summed E-state index contributed by atoms with van der Waals surface area (Å²) in [7, 11) is 0. The van der Waals surface area contributed by atoms with Gasteiger partial charge in [0, 0.05) is 12.2 Å². The van der Waals surface area contributed by atoms with Crippen LogP contribution >= 0.6 is 0 Å². The molecule has 96 valence electrons. The Morgan fingerprint density at radius 2 is 2.11 bits per heavy atom. The summed E-state index contributed by atoms with van der Waals surface area (Å²) < 4.78 is 0. The third-order valence-corrected chi connectivity index (χ3v) is 2.76. The van der Waals surface area contributed by atoms with Crippen LogP contribution in [0.5, 0.6) is 0 Å². The molecule has 0 fully saturated rings. The first kappa shape index (κ1) is 13.0. The standard InChI is InChI=1S/C14H15N5/c1-3-19(10-12-6-4-5-11(2)18-12)14-9-16-13(7-15)8-17-14/h4-6,8-9H,3,10H2,1-2H3. The number of rotatable bonds is 4. The minimum absolute atomic E-state index is 0.327. The summed E-state index contributed by atoms with van der Waals surface area (Å²) in [6, 6.07) is 7.93. The lowest BCUT2D eigenvalue weighted by atomic mass is 10.3. The molecule has 0 unspecified atom stereocenters. The number of nitrogens with zero attached hydrogens (tertiary/aromatic N) is 5. The van der Waals surface area contributed by atoms with Crippen molar-refractivity contribution >= 4 is 5.82 Å². The fraction of sp³-hybridized carbons (Fsp3) is 0.286. The van der Waals surface area contributed by atoms with Crippen molar-refractivity contribution in [1.29, 1.82) is 5.26 Å². The van der Waals surface area contributed by atoms with Crippen molar-refractivity contribution in [3.05, 3.63) is 47.7 Å².